The summed E-state index contributed by atoms with van der Waals surface area (Å²) in [6, 6.07) is -0.944. The summed E-state index contributed by atoms with van der Waals surface area (Å²) in [7, 11) is -5.09. The van der Waals surface area contributed by atoms with Crippen LogP contribution in [0, 0.1) is 0 Å². The first-order chi connectivity index (χ1) is 41.0. The summed E-state index contributed by atoms with van der Waals surface area (Å²) in [5.74, 6) is -0.254. The molecule has 0 saturated carbocycles. The summed E-state index contributed by atoms with van der Waals surface area (Å²) in [5.41, 5.74) is 0. The van der Waals surface area contributed by atoms with E-state index < -0.39 is 59.9 Å². The monoisotopic (exact) mass is 1210 g/mol. The number of unbranched alkanes of at least 4 members (excludes halogenated alkanes) is 51. The largest absolute Gasteiger partial charge is 0.397 e. The van der Waals surface area contributed by atoms with Crippen LogP contribution < -0.4 is 5.32 Å². The number of amides is 1. The van der Waals surface area contributed by atoms with Crippen molar-refractivity contribution >= 4 is 16.3 Å². The van der Waals surface area contributed by atoms with E-state index in [2.05, 4.69) is 35.5 Å². The molecule has 1 aliphatic rings. The highest BCUT2D eigenvalue weighted by Gasteiger charge is 2.48. The van der Waals surface area contributed by atoms with Gasteiger partial charge >= 0.3 is 10.4 Å². The minimum Gasteiger partial charge on any atom is -0.394 e. The smallest absolute Gasteiger partial charge is 0.394 e. The lowest BCUT2D eigenvalue weighted by Crippen LogP contribution is -2.61. The Morgan fingerprint density at radius 3 is 1.07 bits per heavy atom. The number of ether oxygens (including phenoxy) is 2. The van der Waals surface area contributed by atoms with Gasteiger partial charge in [-0.15, -0.1) is 0 Å². The van der Waals surface area contributed by atoms with E-state index >= 15 is 0 Å². The first-order valence-corrected chi connectivity index (χ1v) is 37.6. The summed E-state index contributed by atoms with van der Waals surface area (Å²) in [6.07, 6.45) is 69.8. The van der Waals surface area contributed by atoms with Crippen molar-refractivity contribution in [2.45, 2.75) is 410 Å². The Morgan fingerprint density at radius 2 is 0.762 bits per heavy atom. The maximum absolute atomic E-state index is 13.2. The van der Waals surface area contributed by atoms with Crippen molar-refractivity contribution in [2.24, 2.45) is 0 Å². The molecular weight excluding hydrogens is 1070 g/mol. The van der Waals surface area contributed by atoms with Crippen molar-refractivity contribution in [1.29, 1.82) is 0 Å². The average molecular weight is 1210 g/mol. The molecule has 0 aromatic carbocycles. The number of nitrogens with one attached hydrogen (secondary N) is 1. The second kappa shape index (κ2) is 60.5. The molecular formula is C71H137NO11S. The van der Waals surface area contributed by atoms with E-state index in [1.165, 1.54) is 302 Å². The van der Waals surface area contributed by atoms with E-state index in [1.807, 2.05) is 6.08 Å². The topological polar surface area (TPSA) is 192 Å². The number of aliphatic hydroxyl groups is 4. The van der Waals surface area contributed by atoms with Crippen LogP contribution in [0.4, 0.5) is 0 Å². The number of hydrogen-bond acceptors (Lipinski definition) is 10. The second-order valence-electron chi connectivity index (χ2n) is 25.5. The van der Waals surface area contributed by atoms with Gasteiger partial charge < -0.3 is 35.2 Å². The number of allylic oxidation sites excluding steroid dienone is 3. The van der Waals surface area contributed by atoms with Crippen LogP contribution in [0.25, 0.3) is 0 Å². The van der Waals surface area contributed by atoms with Crippen molar-refractivity contribution < 1.29 is 51.8 Å². The number of carbonyl (C=O) groups is 1. The van der Waals surface area contributed by atoms with Gasteiger partial charge in [-0.25, -0.2) is 4.18 Å². The Hall–Kier alpha value is -1.42. The summed E-state index contributed by atoms with van der Waals surface area (Å²) >= 11 is 0. The molecule has 0 aromatic rings. The van der Waals surface area contributed by atoms with Gasteiger partial charge in [-0.05, 0) is 44.9 Å². The van der Waals surface area contributed by atoms with Gasteiger partial charge in [-0.1, -0.05) is 340 Å². The van der Waals surface area contributed by atoms with Gasteiger partial charge in [-0.2, -0.15) is 8.42 Å². The molecule has 12 nitrogen and oxygen atoms in total. The molecule has 1 aliphatic heterocycles. The van der Waals surface area contributed by atoms with E-state index in [0.717, 1.165) is 38.5 Å². The van der Waals surface area contributed by atoms with Crippen LogP contribution in [0.2, 0.25) is 0 Å². The zero-order valence-electron chi connectivity index (χ0n) is 54.7. The highest BCUT2D eigenvalue weighted by Crippen LogP contribution is 2.26. The van der Waals surface area contributed by atoms with Crippen LogP contribution in [0.3, 0.4) is 0 Å². The molecule has 0 aromatic heterocycles. The number of rotatable bonds is 65. The van der Waals surface area contributed by atoms with Crippen LogP contribution >= 0.6 is 0 Å². The summed E-state index contributed by atoms with van der Waals surface area (Å²) in [6.45, 7) is 3.47. The molecule has 0 bridgehead atoms. The van der Waals surface area contributed by atoms with Gasteiger partial charge in [0.2, 0.25) is 5.91 Å². The summed E-state index contributed by atoms with van der Waals surface area (Å²) < 4.78 is 48.1. The van der Waals surface area contributed by atoms with Crippen LogP contribution in [0.5, 0.6) is 0 Å². The lowest BCUT2D eigenvalue weighted by molar-refractivity contribution is -0.298. The molecule has 13 heteroatoms. The predicted molar refractivity (Wildman–Crippen MR) is 352 cm³/mol. The highest BCUT2D eigenvalue weighted by molar-refractivity contribution is 7.80. The first-order valence-electron chi connectivity index (χ1n) is 36.2. The quantitative estimate of drug-likeness (QED) is 0.0193. The number of carbonyl (C=O) groups excluding carboxylic acids is 1. The first kappa shape index (κ1) is 80.6. The van der Waals surface area contributed by atoms with E-state index in [9.17, 15) is 38.2 Å². The molecule has 1 fully saturated rings. The van der Waals surface area contributed by atoms with Crippen molar-refractivity contribution in [1.82, 2.24) is 5.32 Å². The van der Waals surface area contributed by atoms with Gasteiger partial charge in [0.05, 0.1) is 25.4 Å². The molecule has 498 valence electrons. The fourth-order valence-electron chi connectivity index (χ4n) is 11.9. The maximum Gasteiger partial charge on any atom is 0.397 e. The molecule has 1 saturated heterocycles. The zero-order chi connectivity index (χ0) is 61.1. The minimum atomic E-state index is -5.09. The van der Waals surface area contributed by atoms with Gasteiger partial charge in [0.25, 0.3) is 0 Å². The zero-order valence-corrected chi connectivity index (χ0v) is 55.6. The van der Waals surface area contributed by atoms with Crippen molar-refractivity contribution in [3.63, 3.8) is 0 Å². The highest BCUT2D eigenvalue weighted by atomic mass is 32.3. The van der Waals surface area contributed by atoms with Crippen molar-refractivity contribution in [2.75, 3.05) is 13.2 Å². The maximum atomic E-state index is 13.2. The normalized spacial score (nSPS) is 18.4. The summed E-state index contributed by atoms with van der Waals surface area (Å²) in [4.78, 5) is 13.2. The van der Waals surface area contributed by atoms with E-state index in [1.54, 1.807) is 6.08 Å². The van der Waals surface area contributed by atoms with Crippen molar-refractivity contribution in [3.05, 3.63) is 24.3 Å². The van der Waals surface area contributed by atoms with E-state index in [4.69, 9.17) is 9.47 Å². The molecule has 6 N–H and O–H groups in total. The Labute approximate surface area is 518 Å². The third kappa shape index (κ3) is 51.5. The SMILES string of the molecule is CCCCCCCCCCCCCC/C=C\CCCCCCCCCCCCCCCCCCCC(=O)NC(COC1OC(CO)C(O)C(OS(=O)(=O)O)C1O)C(O)/C=C/CCCCCCCCCCCCCCCCCCCCCCCC. The van der Waals surface area contributed by atoms with Crippen LogP contribution in [0.15, 0.2) is 24.3 Å². The Kier molecular flexibility index (Phi) is 58.0. The molecule has 0 aliphatic carbocycles. The second-order valence-corrected chi connectivity index (χ2v) is 26.6. The average Bonchev–Trinajstić information content (AvgIpc) is 3.45. The fourth-order valence-corrected chi connectivity index (χ4v) is 12.4. The van der Waals surface area contributed by atoms with Gasteiger partial charge in [0, 0.05) is 6.42 Å². The predicted octanol–water partition coefficient (Wildman–Crippen LogP) is 19.1. The molecule has 7 unspecified atom stereocenters. The lowest BCUT2D eigenvalue weighted by Gasteiger charge is -2.41. The Bertz CT molecular complexity index is 1570. The number of aliphatic hydroxyl groups excluding tert-OH is 4. The third-order valence-electron chi connectivity index (χ3n) is 17.5. The van der Waals surface area contributed by atoms with Gasteiger partial charge in [-0.3, -0.25) is 9.35 Å². The Balaban J connectivity index is 2.22. The van der Waals surface area contributed by atoms with Crippen LogP contribution in [-0.4, -0.2) is 95.4 Å². The molecule has 7 atom stereocenters. The van der Waals surface area contributed by atoms with E-state index in [0.29, 0.717) is 6.42 Å². The lowest BCUT2D eigenvalue weighted by atomic mass is 9.99. The third-order valence-corrected chi connectivity index (χ3v) is 17.9. The number of hydrogen-bond donors (Lipinski definition) is 6. The van der Waals surface area contributed by atoms with Crippen LogP contribution in [-0.2, 0) is 28.9 Å². The van der Waals surface area contributed by atoms with Crippen LogP contribution in [0.1, 0.15) is 367 Å². The fraction of sp³-hybridized carbons (Fsp3) is 0.930. The molecule has 1 amide bonds. The Morgan fingerprint density at radius 1 is 0.464 bits per heavy atom. The molecule has 1 heterocycles. The molecule has 0 spiro atoms. The molecule has 0 radical (unpaired) electrons. The van der Waals surface area contributed by atoms with Gasteiger partial charge in [0.1, 0.15) is 24.4 Å². The molecule has 84 heavy (non-hydrogen) atoms. The van der Waals surface area contributed by atoms with Gasteiger partial charge in [0.15, 0.2) is 6.29 Å². The van der Waals surface area contributed by atoms with E-state index in [-0.39, 0.29) is 18.9 Å². The minimum absolute atomic E-state index is 0.254. The summed E-state index contributed by atoms with van der Waals surface area (Å²) in [5, 5.41) is 45.2. The standard InChI is InChI=1S/C71H137NO11S/c1-3-5-7-9-11-13-15-17-19-21-23-25-27-29-30-31-32-33-34-35-36-37-39-41-43-45-47-49-51-53-55-57-59-61-67(75)72-64(63-81-71-69(77)70(83-84(78,79)80)68(76)66(62-73)82-71)65(74)60-58-56-54-52-50-48-46-44-42-40-38-28-26-24-22-20-18-16-14-12-10-8-6-4-2/h29-30,58,60,64-66,68-71,73-74,76-77H,3-28,31-57,59,61-63H2,1-2H3,(H,72,75)(H,78,79,80)/b30-29-,60-58+. The van der Waals surface area contributed by atoms with Crippen molar-refractivity contribution in [3.8, 4) is 0 Å². The molecule has 1 rings (SSSR count).